The van der Waals surface area contributed by atoms with Crippen LogP contribution in [0.1, 0.15) is 27.7 Å². The molecule has 0 aromatic carbocycles. The predicted molar refractivity (Wildman–Crippen MR) is 49.0 cm³/mol. The molecule has 0 bridgehead atoms. The molecule has 84 valence electrons. The van der Waals surface area contributed by atoms with Gasteiger partial charge in [0.15, 0.2) is 0 Å². The van der Waals surface area contributed by atoms with Crippen LogP contribution in [0.3, 0.4) is 0 Å². The number of ether oxygens (including phenoxy) is 2. The second-order valence-electron chi connectivity index (χ2n) is 4.21. The van der Waals surface area contributed by atoms with Gasteiger partial charge >= 0.3 is 18.2 Å². The van der Waals surface area contributed by atoms with E-state index in [0.29, 0.717) is 4.90 Å². The summed E-state index contributed by atoms with van der Waals surface area (Å²) >= 11 is 0. The number of cyclic esters (lactones) is 2. The highest BCUT2D eigenvalue weighted by molar-refractivity contribution is 6.03. The number of imide groups is 1. The van der Waals surface area contributed by atoms with Gasteiger partial charge in [0.25, 0.3) is 0 Å². The van der Waals surface area contributed by atoms with Crippen molar-refractivity contribution in [3.05, 3.63) is 0 Å². The Bertz CT molecular complexity index is 317. The van der Waals surface area contributed by atoms with Crippen LogP contribution in [0.25, 0.3) is 0 Å². The minimum Gasteiger partial charge on any atom is -0.443 e. The average molecular weight is 215 g/mol. The molecule has 2 amide bonds. The van der Waals surface area contributed by atoms with Gasteiger partial charge < -0.3 is 9.47 Å². The Morgan fingerprint density at radius 1 is 1.40 bits per heavy atom. The molecule has 6 nitrogen and oxygen atoms in total. The highest BCUT2D eigenvalue weighted by Gasteiger charge is 2.44. The second-order valence-corrected chi connectivity index (χ2v) is 4.21. The number of nitrogens with zero attached hydrogens (tertiary/aromatic N) is 1. The van der Waals surface area contributed by atoms with Crippen molar-refractivity contribution in [2.24, 2.45) is 0 Å². The standard InChI is InChI=1S/C9H13NO5/c1-5-6(11)14-7(12)10(5)8(13)15-9(2,3)4/h5H,1-4H3. The number of hydrogen-bond donors (Lipinski definition) is 0. The Hall–Kier alpha value is -1.59. The normalized spacial score (nSPS) is 21.6. The summed E-state index contributed by atoms with van der Waals surface area (Å²) in [6, 6.07) is -0.924. The molecule has 1 heterocycles. The van der Waals surface area contributed by atoms with E-state index in [4.69, 9.17) is 4.74 Å². The maximum Gasteiger partial charge on any atom is 0.427 e. The van der Waals surface area contributed by atoms with E-state index in [1.807, 2.05) is 0 Å². The van der Waals surface area contributed by atoms with Gasteiger partial charge in [0.2, 0.25) is 0 Å². The van der Waals surface area contributed by atoms with Crippen LogP contribution >= 0.6 is 0 Å². The Morgan fingerprint density at radius 2 is 1.93 bits per heavy atom. The lowest BCUT2D eigenvalue weighted by molar-refractivity contribution is -0.135. The number of esters is 1. The Kier molecular flexibility index (Phi) is 2.70. The molecule has 1 aliphatic rings. The van der Waals surface area contributed by atoms with Crippen molar-refractivity contribution in [1.82, 2.24) is 4.90 Å². The maximum absolute atomic E-state index is 11.5. The van der Waals surface area contributed by atoms with Gasteiger partial charge in [0.05, 0.1) is 0 Å². The third kappa shape index (κ3) is 2.45. The first-order valence-electron chi connectivity index (χ1n) is 4.50. The summed E-state index contributed by atoms with van der Waals surface area (Å²) in [6.07, 6.45) is -1.85. The number of amides is 2. The zero-order valence-corrected chi connectivity index (χ0v) is 9.07. The average Bonchev–Trinajstić information content (AvgIpc) is 2.22. The topological polar surface area (TPSA) is 72.9 Å². The number of rotatable bonds is 0. The van der Waals surface area contributed by atoms with Crippen LogP contribution in [0.5, 0.6) is 0 Å². The van der Waals surface area contributed by atoms with Crippen LogP contribution in [0, 0.1) is 0 Å². The predicted octanol–water partition coefficient (Wildman–Crippen LogP) is 1.29. The van der Waals surface area contributed by atoms with Gasteiger partial charge in [0.1, 0.15) is 11.6 Å². The van der Waals surface area contributed by atoms with Crippen molar-refractivity contribution < 1.29 is 23.9 Å². The summed E-state index contributed by atoms with van der Waals surface area (Å²) < 4.78 is 9.21. The molecule has 0 aliphatic carbocycles. The third-order valence-corrected chi connectivity index (χ3v) is 1.70. The van der Waals surface area contributed by atoms with E-state index in [1.165, 1.54) is 6.92 Å². The summed E-state index contributed by atoms with van der Waals surface area (Å²) in [4.78, 5) is 34.2. The fourth-order valence-corrected chi connectivity index (χ4v) is 1.03. The SMILES string of the molecule is CC1C(=O)OC(=O)N1C(=O)OC(C)(C)C. The lowest BCUT2D eigenvalue weighted by atomic mass is 10.2. The van der Waals surface area contributed by atoms with Gasteiger partial charge in [-0.2, -0.15) is 4.90 Å². The molecule has 15 heavy (non-hydrogen) atoms. The van der Waals surface area contributed by atoms with Crippen LogP contribution < -0.4 is 0 Å². The zero-order chi connectivity index (χ0) is 11.8. The van der Waals surface area contributed by atoms with Gasteiger partial charge in [-0.1, -0.05) is 0 Å². The summed E-state index contributed by atoms with van der Waals surface area (Å²) in [5.74, 6) is -0.745. The van der Waals surface area contributed by atoms with Crippen molar-refractivity contribution in [2.75, 3.05) is 0 Å². The zero-order valence-electron chi connectivity index (χ0n) is 9.07. The summed E-state index contributed by atoms with van der Waals surface area (Å²) in [5, 5.41) is 0. The number of carbonyl (C=O) groups is 3. The van der Waals surface area contributed by atoms with Gasteiger partial charge in [0, 0.05) is 0 Å². The van der Waals surface area contributed by atoms with Gasteiger partial charge in [-0.05, 0) is 27.7 Å². The first-order valence-corrected chi connectivity index (χ1v) is 4.50. The van der Waals surface area contributed by atoms with Crippen molar-refractivity contribution in [2.45, 2.75) is 39.3 Å². The van der Waals surface area contributed by atoms with Crippen molar-refractivity contribution in [3.63, 3.8) is 0 Å². The van der Waals surface area contributed by atoms with Crippen LogP contribution in [-0.4, -0.2) is 34.7 Å². The van der Waals surface area contributed by atoms with Crippen LogP contribution in [0.15, 0.2) is 0 Å². The maximum atomic E-state index is 11.5. The van der Waals surface area contributed by atoms with E-state index in [2.05, 4.69) is 4.74 Å². The first-order chi connectivity index (χ1) is 6.72. The van der Waals surface area contributed by atoms with Crippen molar-refractivity contribution in [3.8, 4) is 0 Å². The molecule has 0 spiro atoms. The van der Waals surface area contributed by atoms with E-state index >= 15 is 0 Å². The van der Waals surface area contributed by atoms with E-state index < -0.39 is 29.8 Å². The monoisotopic (exact) mass is 215 g/mol. The lowest BCUT2D eigenvalue weighted by Gasteiger charge is -2.23. The highest BCUT2D eigenvalue weighted by Crippen LogP contribution is 2.18. The molecule has 6 heteroatoms. The third-order valence-electron chi connectivity index (χ3n) is 1.70. The molecule has 0 radical (unpaired) electrons. The van der Waals surface area contributed by atoms with Crippen LogP contribution in [0.2, 0.25) is 0 Å². The van der Waals surface area contributed by atoms with E-state index in [-0.39, 0.29) is 0 Å². The smallest absolute Gasteiger partial charge is 0.427 e. The van der Waals surface area contributed by atoms with Crippen LogP contribution in [-0.2, 0) is 14.3 Å². The minimum absolute atomic E-state index is 0.660. The molecule has 0 aromatic rings. The second kappa shape index (κ2) is 3.52. The van der Waals surface area contributed by atoms with E-state index in [1.54, 1.807) is 20.8 Å². The summed E-state index contributed by atoms with van der Waals surface area (Å²) in [6.45, 7) is 6.40. The molecule has 0 N–H and O–H groups in total. The molecular weight excluding hydrogens is 202 g/mol. The summed E-state index contributed by atoms with van der Waals surface area (Å²) in [7, 11) is 0. The largest absolute Gasteiger partial charge is 0.443 e. The lowest BCUT2D eigenvalue weighted by Crippen LogP contribution is -2.41. The summed E-state index contributed by atoms with van der Waals surface area (Å²) in [5.41, 5.74) is -0.720. The molecular formula is C9H13NO5. The number of hydrogen-bond acceptors (Lipinski definition) is 5. The quantitative estimate of drug-likeness (QED) is 0.449. The molecule has 1 unspecified atom stereocenters. The Labute approximate surface area is 87.1 Å². The highest BCUT2D eigenvalue weighted by atomic mass is 16.6. The van der Waals surface area contributed by atoms with Crippen molar-refractivity contribution >= 4 is 18.2 Å². The van der Waals surface area contributed by atoms with Crippen molar-refractivity contribution in [1.29, 1.82) is 0 Å². The van der Waals surface area contributed by atoms with E-state index in [0.717, 1.165) is 0 Å². The fourth-order valence-electron chi connectivity index (χ4n) is 1.03. The van der Waals surface area contributed by atoms with Crippen LogP contribution in [0.4, 0.5) is 9.59 Å². The Morgan fingerprint density at radius 3 is 2.27 bits per heavy atom. The van der Waals surface area contributed by atoms with Gasteiger partial charge in [-0.25, -0.2) is 14.4 Å². The molecule has 1 saturated heterocycles. The number of carbonyl (C=O) groups excluding carboxylic acids is 3. The molecule has 0 saturated carbocycles. The molecule has 0 aromatic heterocycles. The molecule has 1 fully saturated rings. The molecule has 1 rings (SSSR count). The minimum atomic E-state index is -0.984. The molecule has 1 atom stereocenters. The fraction of sp³-hybridized carbons (Fsp3) is 0.667. The molecule has 1 aliphatic heterocycles. The van der Waals surface area contributed by atoms with E-state index in [9.17, 15) is 14.4 Å². The first kappa shape index (κ1) is 11.5. The van der Waals surface area contributed by atoms with Gasteiger partial charge in [-0.3, -0.25) is 0 Å². The Balaban J connectivity index is 2.76. The van der Waals surface area contributed by atoms with Gasteiger partial charge in [-0.15, -0.1) is 0 Å².